The highest BCUT2D eigenvalue weighted by molar-refractivity contribution is 6.31. The standard InChI is InChI=1S/C30H28Cl2N2O3/c1-20(30(36)22-7-5-8-24(31)12-11-22)10-14-26-18-34(27-9-4-3-6-23(27)17-33-26)29(35)19-37-28-15-13-25(32)16-21(28)2/h3-4,6-16,33H,5,17-19H2,1-2H3/b20-10+,26-14-. The van der Waals surface area contributed by atoms with Crippen LogP contribution in [-0.4, -0.2) is 24.8 Å². The third kappa shape index (κ3) is 6.82. The number of halogens is 2. The molecular formula is C30H28Cl2N2O3. The lowest BCUT2D eigenvalue weighted by Crippen LogP contribution is -2.37. The van der Waals surface area contributed by atoms with Crippen molar-refractivity contribution in [1.29, 1.82) is 0 Å². The molecule has 0 saturated heterocycles. The summed E-state index contributed by atoms with van der Waals surface area (Å²) in [6.45, 7) is 4.43. The number of benzene rings is 2. The fourth-order valence-corrected chi connectivity index (χ4v) is 4.45. The number of carbonyl (C=O) groups excluding carboxylic acids is 2. The number of hydrogen-bond acceptors (Lipinski definition) is 4. The van der Waals surface area contributed by atoms with E-state index in [1.54, 1.807) is 48.3 Å². The molecule has 0 unspecified atom stereocenters. The van der Waals surface area contributed by atoms with E-state index in [-0.39, 0.29) is 18.3 Å². The summed E-state index contributed by atoms with van der Waals surface area (Å²) < 4.78 is 5.84. The fourth-order valence-electron chi connectivity index (χ4n) is 4.07. The molecule has 190 valence electrons. The molecule has 0 radical (unpaired) electrons. The van der Waals surface area contributed by atoms with Crippen LogP contribution in [0.15, 0.2) is 101 Å². The van der Waals surface area contributed by atoms with Gasteiger partial charge in [0.1, 0.15) is 5.75 Å². The van der Waals surface area contributed by atoms with E-state index in [0.717, 1.165) is 22.5 Å². The molecule has 2 aromatic rings. The predicted octanol–water partition coefficient (Wildman–Crippen LogP) is 6.57. The van der Waals surface area contributed by atoms with Gasteiger partial charge in [0.2, 0.25) is 0 Å². The summed E-state index contributed by atoms with van der Waals surface area (Å²) in [5.74, 6) is 0.376. The van der Waals surface area contributed by atoms with Crippen LogP contribution in [-0.2, 0) is 16.1 Å². The molecule has 0 aromatic heterocycles. The summed E-state index contributed by atoms with van der Waals surface area (Å²) in [6, 6.07) is 13.1. The minimum atomic E-state index is -0.175. The number of Topliss-reactive ketones (excluding diaryl/α,β-unsaturated/α-hetero) is 1. The Labute approximate surface area is 227 Å². The average Bonchev–Trinajstić information content (AvgIpc) is 3.22. The van der Waals surface area contributed by atoms with E-state index in [1.807, 2.05) is 49.4 Å². The largest absolute Gasteiger partial charge is 0.483 e. The SMILES string of the molecule is C/C(=C\C=C1\CN(C(=O)COc2ccc(Cl)cc2C)c2ccccc2CN1)C(=O)C1=CCC=C(Cl)C=C1. The number of nitrogens with zero attached hydrogens (tertiary/aromatic N) is 1. The van der Waals surface area contributed by atoms with Crippen LogP contribution >= 0.6 is 23.2 Å². The van der Waals surface area contributed by atoms with E-state index in [9.17, 15) is 9.59 Å². The number of carbonyl (C=O) groups is 2. The number of allylic oxidation sites excluding steroid dienone is 9. The van der Waals surface area contributed by atoms with Crippen molar-refractivity contribution in [2.24, 2.45) is 0 Å². The van der Waals surface area contributed by atoms with E-state index in [0.29, 0.717) is 46.5 Å². The fraction of sp³-hybridized carbons (Fsp3) is 0.200. The van der Waals surface area contributed by atoms with Gasteiger partial charge in [0.15, 0.2) is 12.4 Å². The number of hydrogen-bond donors (Lipinski definition) is 1. The number of ketones is 1. The third-order valence-corrected chi connectivity index (χ3v) is 6.65. The van der Waals surface area contributed by atoms with Crippen LogP contribution in [0.5, 0.6) is 5.75 Å². The van der Waals surface area contributed by atoms with Crippen LogP contribution in [0.4, 0.5) is 5.69 Å². The van der Waals surface area contributed by atoms with E-state index in [1.165, 1.54) is 0 Å². The maximum absolute atomic E-state index is 13.3. The Bertz CT molecular complexity index is 1370. The van der Waals surface area contributed by atoms with Gasteiger partial charge in [-0.2, -0.15) is 0 Å². The predicted molar refractivity (Wildman–Crippen MR) is 150 cm³/mol. The van der Waals surface area contributed by atoms with Crippen molar-refractivity contribution in [2.75, 3.05) is 18.1 Å². The molecule has 0 saturated carbocycles. The number of anilines is 1. The lowest BCUT2D eigenvalue weighted by molar-refractivity contribution is -0.120. The molecule has 7 heteroatoms. The van der Waals surface area contributed by atoms with E-state index in [2.05, 4.69) is 5.32 Å². The first kappa shape index (κ1) is 26.5. The van der Waals surface area contributed by atoms with Crippen molar-refractivity contribution in [3.63, 3.8) is 0 Å². The van der Waals surface area contributed by atoms with Crippen molar-refractivity contribution >= 4 is 40.6 Å². The van der Waals surface area contributed by atoms with Crippen LogP contribution in [0.25, 0.3) is 0 Å². The quantitative estimate of drug-likeness (QED) is 0.425. The molecule has 1 aliphatic heterocycles. The van der Waals surface area contributed by atoms with Gasteiger partial charge in [-0.15, -0.1) is 0 Å². The molecule has 0 bridgehead atoms. The summed E-state index contributed by atoms with van der Waals surface area (Å²) in [7, 11) is 0. The molecule has 0 atom stereocenters. The molecule has 2 aromatic carbocycles. The van der Waals surface area contributed by atoms with E-state index < -0.39 is 0 Å². The molecule has 2 aliphatic rings. The Hall–Kier alpha value is -3.54. The van der Waals surface area contributed by atoms with Crippen molar-refractivity contribution in [1.82, 2.24) is 5.32 Å². The lowest BCUT2D eigenvalue weighted by Gasteiger charge is -2.23. The van der Waals surface area contributed by atoms with Gasteiger partial charge in [-0.3, -0.25) is 9.59 Å². The number of para-hydroxylation sites is 1. The zero-order chi connectivity index (χ0) is 26.4. The Morgan fingerprint density at radius 3 is 2.73 bits per heavy atom. The first-order chi connectivity index (χ1) is 17.8. The number of rotatable bonds is 6. The molecule has 1 heterocycles. The van der Waals surface area contributed by atoms with Crippen LogP contribution < -0.4 is 15.0 Å². The number of aryl methyl sites for hydroxylation is 1. The molecule has 4 rings (SSSR count). The van der Waals surface area contributed by atoms with Gasteiger partial charge in [0.05, 0.1) is 6.54 Å². The smallest absolute Gasteiger partial charge is 0.265 e. The van der Waals surface area contributed by atoms with Crippen molar-refractivity contribution in [2.45, 2.75) is 26.8 Å². The Balaban J connectivity index is 1.52. The normalized spacial score (nSPS) is 16.7. The zero-order valence-corrected chi connectivity index (χ0v) is 22.3. The highest BCUT2D eigenvalue weighted by atomic mass is 35.5. The second-order valence-electron chi connectivity index (χ2n) is 8.85. The van der Waals surface area contributed by atoms with E-state index >= 15 is 0 Å². The minimum Gasteiger partial charge on any atom is -0.483 e. The Morgan fingerprint density at radius 2 is 1.92 bits per heavy atom. The lowest BCUT2D eigenvalue weighted by atomic mass is 10.0. The Kier molecular flexibility index (Phi) is 8.70. The molecule has 1 amide bonds. The molecule has 0 fully saturated rings. The number of fused-ring (bicyclic) bond motifs is 1. The highest BCUT2D eigenvalue weighted by Crippen LogP contribution is 2.26. The Morgan fingerprint density at radius 1 is 1.11 bits per heavy atom. The van der Waals surface area contributed by atoms with Crippen molar-refractivity contribution in [3.8, 4) is 5.75 Å². The molecule has 5 nitrogen and oxygen atoms in total. The maximum atomic E-state index is 13.3. The van der Waals surface area contributed by atoms with Crippen LogP contribution in [0.1, 0.15) is 24.5 Å². The van der Waals surface area contributed by atoms with Gasteiger partial charge in [0, 0.05) is 33.6 Å². The molecule has 37 heavy (non-hydrogen) atoms. The summed E-state index contributed by atoms with van der Waals surface area (Å²) in [4.78, 5) is 28.0. The maximum Gasteiger partial charge on any atom is 0.265 e. The van der Waals surface area contributed by atoms with Crippen molar-refractivity contribution < 1.29 is 14.3 Å². The minimum absolute atomic E-state index is 0.0653. The summed E-state index contributed by atoms with van der Waals surface area (Å²) in [5.41, 5.74) is 4.69. The third-order valence-electron chi connectivity index (χ3n) is 6.13. The van der Waals surface area contributed by atoms with E-state index in [4.69, 9.17) is 27.9 Å². The van der Waals surface area contributed by atoms with Gasteiger partial charge in [-0.1, -0.05) is 59.6 Å². The second kappa shape index (κ2) is 12.1. The molecule has 1 N–H and O–H groups in total. The number of ether oxygens (including phenoxy) is 1. The van der Waals surface area contributed by atoms with Crippen LogP contribution in [0, 0.1) is 6.92 Å². The second-order valence-corrected chi connectivity index (χ2v) is 9.72. The van der Waals surface area contributed by atoms with Crippen LogP contribution in [0.3, 0.4) is 0 Å². The van der Waals surface area contributed by atoms with Crippen LogP contribution in [0.2, 0.25) is 5.02 Å². The summed E-state index contributed by atoms with van der Waals surface area (Å²) >= 11 is 12.1. The summed E-state index contributed by atoms with van der Waals surface area (Å²) in [5, 5.41) is 4.64. The average molecular weight is 535 g/mol. The first-order valence-corrected chi connectivity index (χ1v) is 12.7. The monoisotopic (exact) mass is 534 g/mol. The topological polar surface area (TPSA) is 58.6 Å². The first-order valence-electron chi connectivity index (χ1n) is 12.0. The number of amides is 1. The van der Waals surface area contributed by atoms with Crippen molar-refractivity contribution in [3.05, 3.63) is 117 Å². The zero-order valence-electron chi connectivity index (χ0n) is 20.8. The van der Waals surface area contributed by atoms with Gasteiger partial charge in [0.25, 0.3) is 5.91 Å². The number of nitrogens with one attached hydrogen (secondary N) is 1. The highest BCUT2D eigenvalue weighted by Gasteiger charge is 2.23. The van der Waals surface area contributed by atoms with Gasteiger partial charge >= 0.3 is 0 Å². The van der Waals surface area contributed by atoms with Gasteiger partial charge in [-0.05, 0) is 79.5 Å². The van der Waals surface area contributed by atoms with Gasteiger partial charge in [-0.25, -0.2) is 0 Å². The summed E-state index contributed by atoms with van der Waals surface area (Å²) in [6.07, 6.45) is 11.4. The molecular weight excluding hydrogens is 507 g/mol. The van der Waals surface area contributed by atoms with Gasteiger partial charge < -0.3 is 15.0 Å². The molecule has 1 aliphatic carbocycles. The molecule has 0 spiro atoms.